The summed E-state index contributed by atoms with van der Waals surface area (Å²) in [6.07, 6.45) is 3.49. The summed E-state index contributed by atoms with van der Waals surface area (Å²) >= 11 is 0. The Hall–Kier alpha value is -4.26. The number of amides is 1. The molecular weight excluding hydrogens is 587 g/mol. The molecule has 1 N–H and O–H groups in total. The molecule has 0 saturated carbocycles. The quantitative estimate of drug-likeness (QED) is 0.242. The molecule has 5 rings (SSSR count). The second kappa shape index (κ2) is 13.8. The molecule has 45 heavy (non-hydrogen) atoms. The molecule has 1 aliphatic rings. The number of carbonyl (C=O) groups excluding carboxylic acids is 1. The van der Waals surface area contributed by atoms with Crippen molar-refractivity contribution in [2.24, 2.45) is 0 Å². The minimum absolute atomic E-state index is 0.0244. The molecule has 1 saturated heterocycles. The number of alkyl halides is 3. The molecule has 13 heteroatoms. The van der Waals surface area contributed by atoms with E-state index in [1.165, 1.54) is 9.47 Å². The zero-order chi connectivity index (χ0) is 32.1. The van der Waals surface area contributed by atoms with Gasteiger partial charge in [-0.3, -0.25) is 28.6 Å². The van der Waals surface area contributed by atoms with Crippen LogP contribution in [-0.2, 0) is 19.3 Å². The highest BCUT2D eigenvalue weighted by Crippen LogP contribution is 2.28. The number of likely N-dealkylation sites (tertiary alicyclic amines) is 1. The van der Waals surface area contributed by atoms with Crippen LogP contribution < -0.4 is 16.1 Å². The van der Waals surface area contributed by atoms with Gasteiger partial charge in [0.15, 0.2) is 0 Å². The summed E-state index contributed by atoms with van der Waals surface area (Å²) in [5.74, 6) is -0.170. The van der Waals surface area contributed by atoms with Gasteiger partial charge < -0.3 is 9.88 Å². The molecule has 0 aliphatic carbocycles. The standard InChI is InChI=1S/C32H38F3N7O3/c1-3-5-16-42-30(44)28-25(40(13-4-2)31(42)45)19-24(38-28)22-10-12-27(37-20-22)41(18-17-39-14-7-6-8-15-39)29(43)23-9-11-26(36-21-23)32(33,34)35/h9-12,19-21,38H,3-8,13-18H2,1-2H3. The fraction of sp³-hybridized carbons (Fsp3) is 0.469. The van der Waals surface area contributed by atoms with Gasteiger partial charge in [0.25, 0.3) is 11.5 Å². The van der Waals surface area contributed by atoms with E-state index in [2.05, 4.69) is 19.9 Å². The van der Waals surface area contributed by atoms with Gasteiger partial charge in [0.05, 0.1) is 11.1 Å². The number of hydrogen-bond acceptors (Lipinski definition) is 6. The van der Waals surface area contributed by atoms with Crippen molar-refractivity contribution in [3.63, 3.8) is 0 Å². The number of anilines is 1. The molecule has 1 fully saturated rings. The summed E-state index contributed by atoms with van der Waals surface area (Å²) in [6, 6.07) is 7.13. The Morgan fingerprint density at radius 2 is 1.71 bits per heavy atom. The first kappa shape index (κ1) is 32.1. The molecule has 1 amide bonds. The number of nitrogens with one attached hydrogen (secondary N) is 1. The minimum atomic E-state index is -4.61. The van der Waals surface area contributed by atoms with Crippen molar-refractivity contribution in [2.75, 3.05) is 31.1 Å². The maximum atomic E-state index is 13.6. The Bertz CT molecular complexity index is 1740. The lowest BCUT2D eigenvalue weighted by Crippen LogP contribution is -2.41. The van der Waals surface area contributed by atoms with Crippen LogP contribution in [0.15, 0.2) is 52.3 Å². The molecule has 1 aliphatic heterocycles. The summed E-state index contributed by atoms with van der Waals surface area (Å²) in [6.45, 7) is 7.48. The summed E-state index contributed by atoms with van der Waals surface area (Å²) in [5, 5.41) is 0. The first-order chi connectivity index (χ1) is 21.6. The van der Waals surface area contributed by atoms with E-state index in [0.29, 0.717) is 67.1 Å². The minimum Gasteiger partial charge on any atom is -0.349 e. The SMILES string of the molecule is CCCCn1c(=O)c2[nH]c(-c3ccc(N(CCN4CCCCC4)C(=O)c4ccc(C(F)(F)F)nc4)nc3)cc2n(CCC)c1=O. The van der Waals surface area contributed by atoms with Crippen LogP contribution in [0.3, 0.4) is 0 Å². The second-order valence-corrected chi connectivity index (χ2v) is 11.4. The van der Waals surface area contributed by atoms with Crippen LogP contribution in [-0.4, -0.2) is 61.1 Å². The Morgan fingerprint density at radius 1 is 0.933 bits per heavy atom. The normalized spacial score (nSPS) is 14.2. The molecule has 5 heterocycles. The van der Waals surface area contributed by atoms with Crippen molar-refractivity contribution >= 4 is 22.8 Å². The van der Waals surface area contributed by atoms with E-state index in [-0.39, 0.29) is 16.8 Å². The summed E-state index contributed by atoms with van der Waals surface area (Å²) < 4.78 is 42.1. The highest BCUT2D eigenvalue weighted by atomic mass is 19.4. The molecule has 0 atom stereocenters. The van der Waals surface area contributed by atoms with E-state index in [9.17, 15) is 27.6 Å². The topological polar surface area (TPSA) is 109 Å². The van der Waals surface area contributed by atoms with Crippen molar-refractivity contribution in [3.8, 4) is 11.3 Å². The van der Waals surface area contributed by atoms with Crippen LogP contribution in [0.2, 0.25) is 0 Å². The third-order valence-electron chi connectivity index (χ3n) is 8.16. The summed E-state index contributed by atoms with van der Waals surface area (Å²) in [4.78, 5) is 55.0. The van der Waals surface area contributed by atoms with Gasteiger partial charge in [-0.2, -0.15) is 13.2 Å². The monoisotopic (exact) mass is 625 g/mol. The molecule has 240 valence electrons. The maximum absolute atomic E-state index is 13.6. The average Bonchev–Trinajstić information content (AvgIpc) is 3.49. The van der Waals surface area contributed by atoms with E-state index < -0.39 is 17.8 Å². The largest absolute Gasteiger partial charge is 0.433 e. The number of unbranched alkanes of at least 4 members (excludes halogenated alkanes) is 1. The number of aromatic nitrogens is 5. The Morgan fingerprint density at radius 3 is 2.33 bits per heavy atom. The zero-order valence-corrected chi connectivity index (χ0v) is 25.6. The number of aryl methyl sites for hydroxylation is 1. The molecule has 10 nitrogen and oxygen atoms in total. The molecule has 4 aromatic rings. The number of pyridine rings is 2. The average molecular weight is 626 g/mol. The van der Waals surface area contributed by atoms with Gasteiger partial charge in [-0.25, -0.2) is 9.78 Å². The Balaban J connectivity index is 1.47. The van der Waals surface area contributed by atoms with Gasteiger partial charge in [-0.15, -0.1) is 0 Å². The van der Waals surface area contributed by atoms with Gasteiger partial charge in [-0.1, -0.05) is 26.7 Å². The fourth-order valence-corrected chi connectivity index (χ4v) is 5.69. The van der Waals surface area contributed by atoms with Crippen molar-refractivity contribution in [1.82, 2.24) is 29.0 Å². The second-order valence-electron chi connectivity index (χ2n) is 11.4. The Labute approximate surface area is 258 Å². The zero-order valence-electron chi connectivity index (χ0n) is 25.6. The van der Waals surface area contributed by atoms with E-state index in [1.807, 2.05) is 13.8 Å². The van der Waals surface area contributed by atoms with Crippen LogP contribution in [0, 0.1) is 0 Å². The number of fused-ring (bicyclic) bond motifs is 1. The van der Waals surface area contributed by atoms with Crippen LogP contribution >= 0.6 is 0 Å². The number of nitrogens with zero attached hydrogens (tertiary/aromatic N) is 6. The van der Waals surface area contributed by atoms with Crippen molar-refractivity contribution < 1.29 is 18.0 Å². The highest BCUT2D eigenvalue weighted by Gasteiger charge is 2.32. The molecule has 0 aromatic carbocycles. The van der Waals surface area contributed by atoms with Crippen LogP contribution in [0.1, 0.15) is 68.4 Å². The van der Waals surface area contributed by atoms with Crippen LogP contribution in [0.5, 0.6) is 0 Å². The van der Waals surface area contributed by atoms with Crippen molar-refractivity contribution in [3.05, 3.63) is 74.8 Å². The third kappa shape index (κ3) is 7.03. The first-order valence-corrected chi connectivity index (χ1v) is 15.5. The van der Waals surface area contributed by atoms with Crippen LogP contribution in [0.4, 0.5) is 19.0 Å². The van der Waals surface area contributed by atoms with Gasteiger partial charge >= 0.3 is 11.9 Å². The number of halogens is 3. The molecule has 0 spiro atoms. The number of carbonyl (C=O) groups is 1. The van der Waals surface area contributed by atoms with E-state index >= 15 is 0 Å². The van der Waals surface area contributed by atoms with E-state index in [4.69, 9.17) is 0 Å². The van der Waals surface area contributed by atoms with Gasteiger partial charge in [0, 0.05) is 49.8 Å². The predicted octanol–water partition coefficient (Wildman–Crippen LogP) is 5.31. The lowest BCUT2D eigenvalue weighted by molar-refractivity contribution is -0.141. The maximum Gasteiger partial charge on any atom is 0.433 e. The number of H-pyrrole nitrogens is 1. The molecule has 4 aromatic heterocycles. The number of hydrogen-bond donors (Lipinski definition) is 1. The first-order valence-electron chi connectivity index (χ1n) is 15.5. The lowest BCUT2D eigenvalue weighted by atomic mass is 10.1. The molecule has 0 unspecified atom stereocenters. The van der Waals surface area contributed by atoms with Crippen LogP contribution in [0.25, 0.3) is 22.3 Å². The number of piperidine rings is 1. The third-order valence-corrected chi connectivity index (χ3v) is 8.16. The number of aromatic amines is 1. The number of rotatable bonds is 11. The van der Waals surface area contributed by atoms with Gasteiger partial charge in [0.1, 0.15) is 17.0 Å². The highest BCUT2D eigenvalue weighted by molar-refractivity contribution is 6.05. The lowest BCUT2D eigenvalue weighted by Gasteiger charge is -2.29. The Kier molecular flexibility index (Phi) is 9.86. The molecular formula is C32H38F3N7O3. The smallest absolute Gasteiger partial charge is 0.349 e. The predicted molar refractivity (Wildman–Crippen MR) is 166 cm³/mol. The molecule has 0 radical (unpaired) electrons. The van der Waals surface area contributed by atoms with Gasteiger partial charge in [-0.05, 0) is 69.1 Å². The summed E-state index contributed by atoms with van der Waals surface area (Å²) in [7, 11) is 0. The summed E-state index contributed by atoms with van der Waals surface area (Å²) in [5.41, 5.74) is 0.353. The van der Waals surface area contributed by atoms with Crippen molar-refractivity contribution in [1.29, 1.82) is 0 Å². The fourth-order valence-electron chi connectivity index (χ4n) is 5.69. The van der Waals surface area contributed by atoms with E-state index in [0.717, 1.165) is 57.1 Å². The van der Waals surface area contributed by atoms with E-state index in [1.54, 1.807) is 29.0 Å². The van der Waals surface area contributed by atoms with Gasteiger partial charge in [0.2, 0.25) is 0 Å². The van der Waals surface area contributed by atoms with Crippen molar-refractivity contribution in [2.45, 2.75) is 71.6 Å². The molecule has 0 bridgehead atoms.